The highest BCUT2D eigenvalue weighted by molar-refractivity contribution is 5.94. The van der Waals surface area contributed by atoms with E-state index < -0.39 is 0 Å². The molecule has 1 heterocycles. The number of nitrogen functional groups attached to an aromatic ring is 1. The normalized spacial score (nSPS) is 25.6. The standard InChI is InChI=1S/C13H21N3O2/c1-4-16-7-8(14)5-9(16)12(18)15-10-6-11(17)13(10,2)3/h5,7,10-11,17H,4,6,14H2,1-3H3,(H,15,18). The number of carbonyl (C=O) groups is 1. The van der Waals surface area contributed by atoms with Crippen molar-refractivity contribution in [1.29, 1.82) is 0 Å². The second kappa shape index (κ2) is 4.31. The van der Waals surface area contributed by atoms with E-state index in [0.717, 1.165) is 0 Å². The highest BCUT2D eigenvalue weighted by atomic mass is 16.3. The number of amides is 1. The Kier molecular flexibility index (Phi) is 3.11. The van der Waals surface area contributed by atoms with Crippen molar-refractivity contribution in [3.05, 3.63) is 18.0 Å². The van der Waals surface area contributed by atoms with Crippen LogP contribution in [0.3, 0.4) is 0 Å². The zero-order chi connectivity index (χ0) is 13.5. The van der Waals surface area contributed by atoms with Crippen LogP contribution in [0, 0.1) is 5.41 Å². The Labute approximate surface area is 107 Å². The van der Waals surface area contributed by atoms with Gasteiger partial charge >= 0.3 is 0 Å². The van der Waals surface area contributed by atoms with Crippen molar-refractivity contribution in [2.75, 3.05) is 5.73 Å². The molecule has 100 valence electrons. The second-order valence-electron chi connectivity index (χ2n) is 5.54. The van der Waals surface area contributed by atoms with E-state index >= 15 is 0 Å². The van der Waals surface area contributed by atoms with Crippen molar-refractivity contribution >= 4 is 11.6 Å². The van der Waals surface area contributed by atoms with Gasteiger partial charge in [0.05, 0.1) is 11.8 Å². The van der Waals surface area contributed by atoms with Gasteiger partial charge in [0, 0.05) is 24.2 Å². The molecule has 1 aliphatic carbocycles. The van der Waals surface area contributed by atoms with Gasteiger partial charge in [0.1, 0.15) is 5.69 Å². The van der Waals surface area contributed by atoms with Gasteiger partial charge in [0.15, 0.2) is 0 Å². The maximum Gasteiger partial charge on any atom is 0.268 e. The third-order valence-corrected chi connectivity index (χ3v) is 4.01. The number of aromatic nitrogens is 1. The fraction of sp³-hybridized carbons (Fsp3) is 0.615. The molecule has 18 heavy (non-hydrogen) atoms. The molecule has 2 atom stereocenters. The van der Waals surface area contributed by atoms with Crippen LogP contribution >= 0.6 is 0 Å². The number of nitrogens with zero attached hydrogens (tertiary/aromatic N) is 1. The lowest BCUT2D eigenvalue weighted by molar-refractivity contribution is -0.0690. The van der Waals surface area contributed by atoms with Crippen LogP contribution in [0.2, 0.25) is 0 Å². The summed E-state index contributed by atoms with van der Waals surface area (Å²) < 4.78 is 1.83. The van der Waals surface area contributed by atoms with Crippen molar-refractivity contribution in [3.63, 3.8) is 0 Å². The monoisotopic (exact) mass is 251 g/mol. The first-order chi connectivity index (χ1) is 8.36. The van der Waals surface area contributed by atoms with Gasteiger partial charge in [-0.2, -0.15) is 0 Å². The van der Waals surface area contributed by atoms with E-state index in [0.29, 0.717) is 24.3 Å². The number of nitrogens with one attached hydrogen (secondary N) is 1. The highest BCUT2D eigenvalue weighted by Crippen LogP contribution is 2.40. The van der Waals surface area contributed by atoms with Crippen LogP contribution in [0.15, 0.2) is 12.3 Å². The van der Waals surface area contributed by atoms with E-state index in [1.807, 2.05) is 25.3 Å². The summed E-state index contributed by atoms with van der Waals surface area (Å²) in [7, 11) is 0. The Bertz CT molecular complexity index is 465. The molecular weight excluding hydrogens is 230 g/mol. The maximum absolute atomic E-state index is 12.2. The van der Waals surface area contributed by atoms with Crippen molar-refractivity contribution in [3.8, 4) is 0 Å². The van der Waals surface area contributed by atoms with Crippen LogP contribution in [-0.4, -0.2) is 27.7 Å². The quantitative estimate of drug-likeness (QED) is 0.749. The summed E-state index contributed by atoms with van der Waals surface area (Å²) >= 11 is 0. The van der Waals surface area contributed by atoms with Crippen molar-refractivity contribution in [2.45, 2.75) is 45.9 Å². The minimum Gasteiger partial charge on any atom is -0.397 e. The molecule has 0 saturated heterocycles. The average molecular weight is 251 g/mol. The molecule has 1 amide bonds. The summed E-state index contributed by atoms with van der Waals surface area (Å²) in [6, 6.07) is 1.70. The third-order valence-electron chi connectivity index (χ3n) is 4.01. The molecule has 0 bridgehead atoms. The average Bonchev–Trinajstić information content (AvgIpc) is 2.70. The number of carbonyl (C=O) groups excluding carboxylic acids is 1. The number of aliphatic hydroxyl groups excluding tert-OH is 1. The molecule has 5 nitrogen and oxygen atoms in total. The molecule has 1 aromatic rings. The minimum atomic E-state index is -0.342. The van der Waals surface area contributed by atoms with Crippen molar-refractivity contribution in [1.82, 2.24) is 9.88 Å². The van der Waals surface area contributed by atoms with Crippen LogP contribution < -0.4 is 11.1 Å². The topological polar surface area (TPSA) is 80.3 Å². The first kappa shape index (κ1) is 13.0. The van der Waals surface area contributed by atoms with Gasteiger partial charge in [-0.05, 0) is 19.4 Å². The van der Waals surface area contributed by atoms with Gasteiger partial charge in [0.25, 0.3) is 5.91 Å². The van der Waals surface area contributed by atoms with Crippen LogP contribution in [0.25, 0.3) is 0 Å². The number of rotatable bonds is 3. The molecule has 2 unspecified atom stereocenters. The summed E-state index contributed by atoms with van der Waals surface area (Å²) in [4.78, 5) is 12.2. The zero-order valence-corrected chi connectivity index (χ0v) is 11.1. The third kappa shape index (κ3) is 1.99. The second-order valence-corrected chi connectivity index (χ2v) is 5.54. The Morgan fingerprint density at radius 2 is 2.33 bits per heavy atom. The van der Waals surface area contributed by atoms with E-state index in [9.17, 15) is 9.90 Å². The molecule has 1 saturated carbocycles. The van der Waals surface area contributed by atoms with Crippen LogP contribution in [0.5, 0.6) is 0 Å². The Hall–Kier alpha value is -1.49. The first-order valence-electron chi connectivity index (χ1n) is 6.30. The number of hydrogen-bond donors (Lipinski definition) is 3. The van der Waals surface area contributed by atoms with E-state index in [1.54, 1.807) is 12.3 Å². The largest absolute Gasteiger partial charge is 0.397 e. The number of anilines is 1. The predicted molar refractivity (Wildman–Crippen MR) is 70.2 cm³/mol. The van der Waals surface area contributed by atoms with Crippen LogP contribution in [0.4, 0.5) is 5.69 Å². The molecular formula is C13H21N3O2. The van der Waals surface area contributed by atoms with Crippen LogP contribution in [0.1, 0.15) is 37.7 Å². The smallest absolute Gasteiger partial charge is 0.268 e. The van der Waals surface area contributed by atoms with Gasteiger partial charge in [-0.3, -0.25) is 4.79 Å². The molecule has 5 heteroatoms. The van der Waals surface area contributed by atoms with Crippen molar-refractivity contribution < 1.29 is 9.90 Å². The first-order valence-corrected chi connectivity index (χ1v) is 6.30. The molecule has 1 aliphatic rings. The number of nitrogens with two attached hydrogens (primary N) is 1. The zero-order valence-electron chi connectivity index (χ0n) is 11.1. The Balaban J connectivity index is 2.09. The van der Waals surface area contributed by atoms with E-state index in [4.69, 9.17) is 5.73 Å². The molecule has 2 rings (SSSR count). The van der Waals surface area contributed by atoms with E-state index in [1.165, 1.54) is 0 Å². The van der Waals surface area contributed by atoms with Gasteiger partial charge in [-0.1, -0.05) is 13.8 Å². The summed E-state index contributed by atoms with van der Waals surface area (Å²) in [5.74, 6) is -0.126. The number of aliphatic hydroxyl groups is 1. The SMILES string of the molecule is CCn1cc(N)cc1C(=O)NC1CC(O)C1(C)C. The van der Waals surface area contributed by atoms with Gasteiger partial charge < -0.3 is 20.7 Å². The highest BCUT2D eigenvalue weighted by Gasteiger charge is 2.48. The molecule has 0 spiro atoms. The molecule has 0 aromatic carbocycles. The van der Waals surface area contributed by atoms with E-state index in [-0.39, 0.29) is 23.5 Å². The maximum atomic E-state index is 12.2. The van der Waals surface area contributed by atoms with Crippen LogP contribution in [-0.2, 0) is 6.54 Å². The molecule has 4 N–H and O–H groups in total. The molecule has 0 aliphatic heterocycles. The summed E-state index contributed by atoms with van der Waals surface area (Å²) in [5, 5.41) is 12.6. The lowest BCUT2D eigenvalue weighted by Crippen LogP contribution is -2.61. The minimum absolute atomic E-state index is 0.0152. The van der Waals surface area contributed by atoms with Crippen molar-refractivity contribution in [2.24, 2.45) is 5.41 Å². The van der Waals surface area contributed by atoms with E-state index in [2.05, 4.69) is 5.32 Å². The molecule has 0 radical (unpaired) electrons. The Morgan fingerprint density at radius 3 is 2.83 bits per heavy atom. The fourth-order valence-electron chi connectivity index (χ4n) is 2.36. The summed E-state index contributed by atoms with van der Waals surface area (Å²) in [5.41, 5.74) is 6.61. The fourth-order valence-corrected chi connectivity index (χ4v) is 2.36. The number of aryl methyl sites for hydroxylation is 1. The molecule has 1 fully saturated rings. The lowest BCUT2D eigenvalue weighted by atomic mass is 9.64. The Morgan fingerprint density at radius 1 is 1.67 bits per heavy atom. The van der Waals surface area contributed by atoms with Gasteiger partial charge in [0.2, 0.25) is 0 Å². The summed E-state index contributed by atoms with van der Waals surface area (Å²) in [6.07, 6.45) is 2.03. The summed E-state index contributed by atoms with van der Waals surface area (Å²) in [6.45, 7) is 6.59. The molecule has 1 aromatic heterocycles. The van der Waals surface area contributed by atoms with Gasteiger partial charge in [-0.15, -0.1) is 0 Å². The predicted octanol–water partition coefficient (Wildman–Crippen LogP) is 0.979. The number of hydrogen-bond acceptors (Lipinski definition) is 3. The van der Waals surface area contributed by atoms with Gasteiger partial charge in [-0.25, -0.2) is 0 Å². The lowest BCUT2D eigenvalue weighted by Gasteiger charge is -2.49.